The van der Waals surface area contributed by atoms with Crippen LogP contribution in [-0.2, 0) is 14.4 Å². The number of rotatable bonds is 8. The fourth-order valence-corrected chi connectivity index (χ4v) is 9.05. The first kappa shape index (κ1) is 30.4. The van der Waals surface area contributed by atoms with Crippen molar-refractivity contribution in [2.45, 2.75) is 117 Å². The second-order valence-corrected chi connectivity index (χ2v) is 14.6. The summed E-state index contributed by atoms with van der Waals surface area (Å²) in [5.41, 5.74) is 1.64. The van der Waals surface area contributed by atoms with Crippen LogP contribution in [0.4, 0.5) is 4.79 Å². The monoisotopic (exact) mass is 546 g/mol. The Morgan fingerprint density at radius 1 is 1.15 bits per heavy atom. The van der Waals surface area contributed by atoms with E-state index in [1.54, 1.807) is 12.6 Å². The van der Waals surface area contributed by atoms with Crippen molar-refractivity contribution in [2.24, 2.45) is 40.4 Å². The first-order valence-electron chi connectivity index (χ1n) is 15.5. The van der Waals surface area contributed by atoms with Crippen molar-refractivity contribution < 1.29 is 24.3 Å². The average Bonchev–Trinajstić information content (AvgIpc) is 3.21. The summed E-state index contributed by atoms with van der Waals surface area (Å²) in [4.78, 5) is 30.1. The predicted molar refractivity (Wildman–Crippen MR) is 153 cm³/mol. The lowest BCUT2D eigenvalue weighted by molar-refractivity contribution is -0.178. The zero-order chi connectivity index (χ0) is 28.6. The number of nitrogens with one attached hydrogen (secondary N) is 1. The molecule has 0 radical (unpaired) electrons. The number of aliphatic hydroxyl groups excluding tert-OH is 1. The minimum absolute atomic E-state index is 0.0140. The Bertz CT molecular complexity index is 928. The number of aliphatic hydroxyl groups is 1. The minimum atomic E-state index is -0.543. The molecule has 0 heterocycles. The molecule has 7 heteroatoms. The maximum atomic E-state index is 12.8. The van der Waals surface area contributed by atoms with E-state index in [0.717, 1.165) is 43.4 Å². The van der Waals surface area contributed by atoms with Gasteiger partial charge in [0.25, 0.3) is 0 Å². The Morgan fingerprint density at radius 2 is 1.90 bits per heavy atom. The topological polar surface area (TPSA) is 88.1 Å². The van der Waals surface area contributed by atoms with Crippen molar-refractivity contribution in [3.8, 4) is 0 Å². The second kappa shape index (κ2) is 11.7. The highest BCUT2D eigenvalue weighted by molar-refractivity contribution is 5.74. The van der Waals surface area contributed by atoms with Crippen molar-refractivity contribution in [3.05, 3.63) is 11.6 Å². The lowest BCUT2D eigenvalue weighted by atomic mass is 9.47. The number of ether oxygens (including phenoxy) is 1. The third kappa shape index (κ3) is 6.50. The van der Waals surface area contributed by atoms with E-state index in [1.165, 1.54) is 37.2 Å². The van der Waals surface area contributed by atoms with Gasteiger partial charge in [0.1, 0.15) is 5.60 Å². The Hall–Kier alpha value is -1.60. The zero-order valence-corrected chi connectivity index (χ0v) is 25.6. The molecule has 4 aliphatic rings. The third-order valence-corrected chi connectivity index (χ3v) is 11.1. The quantitative estimate of drug-likeness (QED) is 0.213. The van der Waals surface area contributed by atoms with E-state index >= 15 is 0 Å². The molecular formula is C32H54N2O5. The lowest BCUT2D eigenvalue weighted by Crippen LogP contribution is -2.50. The normalized spacial score (nSPS) is 36.6. The van der Waals surface area contributed by atoms with Gasteiger partial charge in [0.15, 0.2) is 0 Å². The van der Waals surface area contributed by atoms with Crippen LogP contribution in [0.15, 0.2) is 11.6 Å². The molecule has 39 heavy (non-hydrogen) atoms. The Kier molecular flexibility index (Phi) is 9.12. The van der Waals surface area contributed by atoms with Gasteiger partial charge in [0.2, 0.25) is 5.91 Å². The molecule has 8 atom stereocenters. The molecule has 0 aliphatic heterocycles. The highest BCUT2D eigenvalue weighted by Gasteiger charge is 2.59. The maximum Gasteiger partial charge on any atom is 0.407 e. The van der Waals surface area contributed by atoms with Crippen molar-refractivity contribution in [3.63, 3.8) is 0 Å². The maximum absolute atomic E-state index is 12.8. The van der Waals surface area contributed by atoms with Crippen LogP contribution in [0.1, 0.15) is 106 Å². The van der Waals surface area contributed by atoms with Crippen LogP contribution in [-0.4, -0.2) is 54.1 Å². The first-order chi connectivity index (χ1) is 18.2. The summed E-state index contributed by atoms with van der Waals surface area (Å²) in [5, 5.41) is 14.3. The molecule has 4 rings (SSSR count). The van der Waals surface area contributed by atoms with Crippen LogP contribution in [0.25, 0.3) is 0 Å². The SMILES string of the molecule is C[C@H](CCC(=O)N(C)OCCNC(=O)OC(C)(C)C)[C@H]1CC[C@H]2[C@@H]3CC=C4C[C@@H](O)CC[C@]4(C)[C@H]3CC[C@]12C. The standard InChI is InChI=1S/C32H54N2O5/c1-21(8-13-28(36)34(7)38-19-18-33-29(37)39-30(2,3)4)25-11-12-26-24-10-9-22-20-23(35)14-16-31(22,5)27(24)15-17-32(25,26)6/h9,21,23-27,35H,8,10-20H2,1-7H3,(H,33,37)/t21-,23+,24+,25-,26+,27+,31+,32-/m1/s1. The number of fused-ring (bicyclic) bond motifs is 5. The Labute approximate surface area is 236 Å². The van der Waals surface area contributed by atoms with Gasteiger partial charge in [0, 0.05) is 20.0 Å². The fourth-order valence-electron chi connectivity index (χ4n) is 9.05. The molecule has 2 N–H and O–H groups in total. The molecule has 3 fully saturated rings. The molecule has 4 aliphatic carbocycles. The van der Waals surface area contributed by atoms with E-state index in [4.69, 9.17) is 9.57 Å². The van der Waals surface area contributed by atoms with Crippen molar-refractivity contribution in [2.75, 3.05) is 20.2 Å². The molecule has 0 aromatic carbocycles. The summed E-state index contributed by atoms with van der Waals surface area (Å²) < 4.78 is 5.21. The number of carbonyl (C=O) groups is 2. The first-order valence-corrected chi connectivity index (χ1v) is 15.5. The predicted octanol–water partition coefficient (Wildman–Crippen LogP) is 6.26. The van der Waals surface area contributed by atoms with Gasteiger partial charge in [-0.3, -0.25) is 9.63 Å². The van der Waals surface area contributed by atoms with Crippen molar-refractivity contribution in [1.82, 2.24) is 10.4 Å². The molecule has 3 saturated carbocycles. The molecule has 7 nitrogen and oxygen atoms in total. The molecule has 0 bridgehead atoms. The number of hydrogen-bond donors (Lipinski definition) is 2. The van der Waals surface area contributed by atoms with E-state index in [2.05, 4.69) is 32.2 Å². The third-order valence-electron chi connectivity index (χ3n) is 11.1. The van der Waals surface area contributed by atoms with Crippen LogP contribution in [0.5, 0.6) is 0 Å². The van der Waals surface area contributed by atoms with Crippen molar-refractivity contribution in [1.29, 1.82) is 0 Å². The summed E-state index contributed by atoms with van der Waals surface area (Å²) in [7, 11) is 1.66. The van der Waals surface area contributed by atoms with Gasteiger partial charge in [-0.05, 0) is 119 Å². The molecule has 0 saturated heterocycles. The van der Waals surface area contributed by atoms with E-state index in [0.29, 0.717) is 23.7 Å². The van der Waals surface area contributed by atoms with E-state index in [-0.39, 0.29) is 30.6 Å². The summed E-state index contributed by atoms with van der Waals surface area (Å²) in [6.07, 6.45) is 12.6. The van der Waals surface area contributed by atoms with Gasteiger partial charge in [-0.2, -0.15) is 0 Å². The molecule has 0 spiro atoms. The van der Waals surface area contributed by atoms with Gasteiger partial charge in [-0.15, -0.1) is 0 Å². The Morgan fingerprint density at radius 3 is 2.62 bits per heavy atom. The van der Waals surface area contributed by atoms with Crippen LogP contribution in [0.3, 0.4) is 0 Å². The molecule has 222 valence electrons. The zero-order valence-electron chi connectivity index (χ0n) is 25.6. The number of carbonyl (C=O) groups excluding carboxylic acids is 2. The number of nitrogens with zero attached hydrogens (tertiary/aromatic N) is 1. The van der Waals surface area contributed by atoms with E-state index in [1.807, 2.05) is 20.8 Å². The summed E-state index contributed by atoms with van der Waals surface area (Å²) in [6, 6.07) is 0. The fraction of sp³-hybridized carbons (Fsp3) is 0.875. The lowest BCUT2D eigenvalue weighted by Gasteiger charge is -2.58. The highest BCUT2D eigenvalue weighted by Crippen LogP contribution is 2.67. The smallest absolute Gasteiger partial charge is 0.407 e. The number of hydrogen-bond acceptors (Lipinski definition) is 5. The van der Waals surface area contributed by atoms with Crippen molar-refractivity contribution >= 4 is 12.0 Å². The van der Waals surface area contributed by atoms with Gasteiger partial charge in [-0.1, -0.05) is 32.4 Å². The summed E-state index contributed by atoms with van der Waals surface area (Å²) >= 11 is 0. The Balaban J connectivity index is 1.25. The van der Waals surface area contributed by atoms with E-state index < -0.39 is 11.7 Å². The molecule has 0 unspecified atom stereocenters. The number of allylic oxidation sites excluding steroid dienone is 1. The number of hydroxylamine groups is 2. The van der Waals surface area contributed by atoms with Gasteiger partial charge >= 0.3 is 6.09 Å². The van der Waals surface area contributed by atoms with Gasteiger partial charge < -0.3 is 15.2 Å². The number of alkyl carbamates (subject to hydrolysis) is 1. The highest BCUT2D eigenvalue weighted by atomic mass is 16.7. The molecular weight excluding hydrogens is 492 g/mol. The average molecular weight is 547 g/mol. The van der Waals surface area contributed by atoms with Crippen LogP contribution >= 0.6 is 0 Å². The van der Waals surface area contributed by atoms with Crippen LogP contribution in [0.2, 0.25) is 0 Å². The van der Waals surface area contributed by atoms with Crippen LogP contribution < -0.4 is 5.32 Å². The van der Waals surface area contributed by atoms with Gasteiger partial charge in [-0.25, -0.2) is 9.86 Å². The largest absolute Gasteiger partial charge is 0.444 e. The second-order valence-electron chi connectivity index (χ2n) is 14.6. The minimum Gasteiger partial charge on any atom is -0.444 e. The molecule has 0 aromatic heterocycles. The van der Waals surface area contributed by atoms with Gasteiger partial charge in [0.05, 0.1) is 12.7 Å². The van der Waals surface area contributed by atoms with E-state index in [9.17, 15) is 14.7 Å². The molecule has 2 amide bonds. The molecule has 0 aromatic rings. The van der Waals surface area contributed by atoms with Crippen LogP contribution in [0, 0.1) is 40.4 Å². The number of amides is 2. The summed E-state index contributed by atoms with van der Waals surface area (Å²) in [5.74, 6) is 3.43. The summed E-state index contributed by atoms with van der Waals surface area (Å²) in [6.45, 7) is 13.4.